The summed E-state index contributed by atoms with van der Waals surface area (Å²) in [5, 5.41) is 3.28. The number of methoxy groups -OCH3 is 2. The Balaban J connectivity index is 1.72. The van der Waals surface area contributed by atoms with E-state index >= 15 is 0 Å². The fraction of sp³-hybridized carbons (Fsp3) is 0.409. The van der Waals surface area contributed by atoms with Crippen molar-refractivity contribution in [1.29, 1.82) is 0 Å². The van der Waals surface area contributed by atoms with Crippen LogP contribution in [-0.4, -0.2) is 25.9 Å². The van der Waals surface area contributed by atoms with Crippen molar-refractivity contribution in [3.63, 3.8) is 0 Å². The van der Waals surface area contributed by atoms with Crippen LogP contribution in [0.25, 0.3) is 0 Å². The molecular weight excluding hydrogens is 358 g/mol. The van der Waals surface area contributed by atoms with E-state index in [-0.39, 0.29) is 11.9 Å². The predicted octanol–water partition coefficient (Wildman–Crippen LogP) is 4.84. The van der Waals surface area contributed by atoms with Crippen LogP contribution < -0.4 is 14.8 Å². The fourth-order valence-corrected chi connectivity index (χ4v) is 4.42. The Morgan fingerprint density at radius 2 is 1.78 bits per heavy atom. The highest BCUT2D eigenvalue weighted by molar-refractivity contribution is 8.00. The van der Waals surface area contributed by atoms with Crippen LogP contribution in [0.5, 0.6) is 11.5 Å². The number of carbonyl (C=O) groups is 1. The second-order valence-corrected chi connectivity index (χ2v) is 7.85. The van der Waals surface area contributed by atoms with Gasteiger partial charge in [0.2, 0.25) is 5.91 Å². The van der Waals surface area contributed by atoms with Crippen molar-refractivity contribution in [2.45, 2.75) is 36.6 Å². The second-order valence-electron chi connectivity index (χ2n) is 6.81. The molecule has 2 aromatic carbocycles. The van der Waals surface area contributed by atoms with Gasteiger partial charge >= 0.3 is 0 Å². The zero-order valence-corrected chi connectivity index (χ0v) is 16.8. The van der Waals surface area contributed by atoms with Gasteiger partial charge in [0.05, 0.1) is 26.0 Å². The third kappa shape index (κ3) is 5.19. The van der Waals surface area contributed by atoms with E-state index in [1.54, 1.807) is 26.0 Å². The Hall–Kier alpha value is -2.14. The van der Waals surface area contributed by atoms with E-state index < -0.39 is 0 Å². The van der Waals surface area contributed by atoms with Gasteiger partial charge in [-0.25, -0.2) is 0 Å². The predicted molar refractivity (Wildman–Crippen MR) is 110 cm³/mol. The Labute approximate surface area is 165 Å². The van der Waals surface area contributed by atoms with E-state index in [1.165, 1.54) is 12.8 Å². The standard InChI is InChI=1S/C22H27NO3S/c1-25-19-13-12-17(14-20(19)26-2)22(16-8-6-7-9-16)23-21(24)15-27-18-10-4-3-5-11-18/h3-5,10-14,16,22H,6-9,15H2,1-2H3,(H,23,24). The largest absolute Gasteiger partial charge is 0.493 e. The summed E-state index contributed by atoms with van der Waals surface area (Å²) in [5.41, 5.74) is 1.08. The number of nitrogens with one attached hydrogen (secondary N) is 1. The first-order valence-electron chi connectivity index (χ1n) is 9.40. The molecular formula is C22H27NO3S. The van der Waals surface area contributed by atoms with E-state index in [2.05, 4.69) is 5.32 Å². The second kappa shape index (κ2) is 9.70. The summed E-state index contributed by atoms with van der Waals surface area (Å²) in [4.78, 5) is 13.8. The minimum atomic E-state index is 0.0104. The molecule has 3 rings (SSSR count). The maximum absolute atomic E-state index is 12.6. The molecule has 2 aromatic rings. The highest BCUT2D eigenvalue weighted by Crippen LogP contribution is 2.38. The maximum atomic E-state index is 12.6. The molecule has 5 heteroatoms. The van der Waals surface area contributed by atoms with E-state index in [0.29, 0.717) is 23.2 Å². The SMILES string of the molecule is COc1ccc(C(NC(=O)CSc2ccccc2)C2CCCC2)cc1OC. The van der Waals surface area contributed by atoms with Crippen molar-refractivity contribution >= 4 is 17.7 Å². The van der Waals surface area contributed by atoms with E-state index in [0.717, 1.165) is 23.3 Å². The highest BCUT2D eigenvalue weighted by Gasteiger charge is 2.28. The average molecular weight is 386 g/mol. The zero-order valence-electron chi connectivity index (χ0n) is 15.9. The minimum Gasteiger partial charge on any atom is -0.493 e. The van der Waals surface area contributed by atoms with Crippen molar-refractivity contribution in [2.75, 3.05) is 20.0 Å². The smallest absolute Gasteiger partial charge is 0.230 e. The van der Waals surface area contributed by atoms with Gasteiger partial charge in [0.25, 0.3) is 0 Å². The van der Waals surface area contributed by atoms with Crippen LogP contribution in [0.3, 0.4) is 0 Å². The van der Waals surface area contributed by atoms with Gasteiger partial charge in [0, 0.05) is 4.90 Å². The van der Waals surface area contributed by atoms with Gasteiger partial charge < -0.3 is 14.8 Å². The topological polar surface area (TPSA) is 47.6 Å². The molecule has 0 spiro atoms. The lowest BCUT2D eigenvalue weighted by molar-refractivity contribution is -0.119. The molecule has 1 unspecified atom stereocenters. The summed E-state index contributed by atoms with van der Waals surface area (Å²) in [5.74, 6) is 2.35. The number of amides is 1. The van der Waals surface area contributed by atoms with Gasteiger partial charge in [-0.15, -0.1) is 11.8 Å². The molecule has 1 atom stereocenters. The molecule has 1 aliphatic rings. The van der Waals surface area contributed by atoms with Crippen molar-refractivity contribution in [3.05, 3.63) is 54.1 Å². The summed E-state index contributed by atoms with van der Waals surface area (Å²) in [6.45, 7) is 0. The first kappa shape index (κ1) is 19.6. The molecule has 0 radical (unpaired) electrons. The van der Waals surface area contributed by atoms with Crippen LogP contribution in [0.15, 0.2) is 53.4 Å². The van der Waals surface area contributed by atoms with Crippen LogP contribution in [0, 0.1) is 5.92 Å². The number of thioether (sulfide) groups is 1. The van der Waals surface area contributed by atoms with Gasteiger partial charge in [0.15, 0.2) is 11.5 Å². The highest BCUT2D eigenvalue weighted by atomic mass is 32.2. The molecule has 0 aromatic heterocycles. The van der Waals surface area contributed by atoms with Gasteiger partial charge in [-0.2, -0.15) is 0 Å². The Bertz CT molecular complexity index is 744. The molecule has 1 fully saturated rings. The minimum absolute atomic E-state index is 0.0104. The lowest BCUT2D eigenvalue weighted by Crippen LogP contribution is -2.34. The van der Waals surface area contributed by atoms with E-state index in [1.807, 2.05) is 48.5 Å². The van der Waals surface area contributed by atoms with Crippen LogP contribution in [-0.2, 0) is 4.79 Å². The Kier molecular flexibility index (Phi) is 7.04. The van der Waals surface area contributed by atoms with Crippen molar-refractivity contribution < 1.29 is 14.3 Å². The molecule has 1 aliphatic carbocycles. The van der Waals surface area contributed by atoms with Crippen LogP contribution in [0.2, 0.25) is 0 Å². The van der Waals surface area contributed by atoms with Crippen LogP contribution in [0.1, 0.15) is 37.3 Å². The molecule has 27 heavy (non-hydrogen) atoms. The lowest BCUT2D eigenvalue weighted by Gasteiger charge is -2.26. The zero-order chi connectivity index (χ0) is 19.1. The number of ether oxygens (including phenoxy) is 2. The fourth-order valence-electron chi connectivity index (χ4n) is 3.69. The van der Waals surface area contributed by atoms with Crippen molar-refractivity contribution in [2.24, 2.45) is 5.92 Å². The quantitative estimate of drug-likeness (QED) is 0.660. The van der Waals surface area contributed by atoms with Crippen LogP contribution >= 0.6 is 11.8 Å². The summed E-state index contributed by atoms with van der Waals surface area (Å²) in [6, 6.07) is 16.0. The normalized spacial score (nSPS) is 15.3. The van der Waals surface area contributed by atoms with Gasteiger partial charge in [-0.3, -0.25) is 4.79 Å². The number of benzene rings is 2. The monoisotopic (exact) mass is 385 g/mol. The molecule has 4 nitrogen and oxygen atoms in total. The lowest BCUT2D eigenvalue weighted by atomic mass is 9.91. The molecule has 1 amide bonds. The van der Waals surface area contributed by atoms with Crippen LogP contribution in [0.4, 0.5) is 0 Å². The number of hydrogen-bond donors (Lipinski definition) is 1. The van der Waals surface area contributed by atoms with Crippen molar-refractivity contribution in [1.82, 2.24) is 5.32 Å². The number of rotatable bonds is 8. The molecule has 0 aliphatic heterocycles. The third-order valence-electron chi connectivity index (χ3n) is 5.07. The average Bonchev–Trinajstić information content (AvgIpc) is 3.25. The summed E-state index contributed by atoms with van der Waals surface area (Å²) in [6.07, 6.45) is 4.74. The molecule has 0 bridgehead atoms. The van der Waals surface area contributed by atoms with Gasteiger partial charge in [-0.05, 0) is 48.6 Å². The first-order chi connectivity index (χ1) is 13.2. The summed E-state index contributed by atoms with van der Waals surface area (Å²) in [7, 11) is 3.27. The summed E-state index contributed by atoms with van der Waals surface area (Å²) < 4.78 is 10.8. The molecule has 0 heterocycles. The summed E-state index contributed by atoms with van der Waals surface area (Å²) >= 11 is 1.57. The first-order valence-corrected chi connectivity index (χ1v) is 10.4. The van der Waals surface area contributed by atoms with E-state index in [4.69, 9.17) is 9.47 Å². The van der Waals surface area contributed by atoms with Gasteiger partial charge in [0.1, 0.15) is 0 Å². The maximum Gasteiger partial charge on any atom is 0.230 e. The van der Waals surface area contributed by atoms with Crippen molar-refractivity contribution in [3.8, 4) is 11.5 Å². The third-order valence-corrected chi connectivity index (χ3v) is 6.08. The molecule has 0 saturated heterocycles. The number of hydrogen-bond acceptors (Lipinski definition) is 4. The Morgan fingerprint density at radius 3 is 2.44 bits per heavy atom. The Morgan fingerprint density at radius 1 is 1.07 bits per heavy atom. The number of carbonyl (C=O) groups excluding carboxylic acids is 1. The molecule has 144 valence electrons. The van der Waals surface area contributed by atoms with Gasteiger partial charge in [-0.1, -0.05) is 37.1 Å². The molecule has 1 N–H and O–H groups in total. The molecule has 1 saturated carbocycles. The van der Waals surface area contributed by atoms with E-state index in [9.17, 15) is 4.79 Å².